The Bertz CT molecular complexity index is 739. The minimum Gasteiger partial charge on any atom is -0.545 e. The van der Waals surface area contributed by atoms with Gasteiger partial charge >= 0.3 is 0 Å². The number of carboxylic acid groups (broad SMARTS) is 1. The largest absolute Gasteiger partial charge is 0.545 e. The summed E-state index contributed by atoms with van der Waals surface area (Å²) in [6, 6.07) is 6.54. The van der Waals surface area contributed by atoms with Crippen LogP contribution in [0.1, 0.15) is 39.4 Å². The zero-order chi connectivity index (χ0) is 15.9. The maximum absolute atomic E-state index is 12.0. The van der Waals surface area contributed by atoms with E-state index in [1.54, 1.807) is 12.1 Å². The fourth-order valence-electron chi connectivity index (χ4n) is 2.45. The summed E-state index contributed by atoms with van der Waals surface area (Å²) < 4.78 is 0. The monoisotopic (exact) mass is 316 g/mol. The number of carbonyl (C=O) groups excluding carboxylic acids is 2. The molecule has 22 heavy (non-hydrogen) atoms. The standard InChI is InChI=1S/C15H15N3O3S/c1-7-11-12(9-3-5-10(6-4-9)15(20)21)22-8(2)14(19)16-13(11)18-17-7/h3-6,8,12H,1-2H3,(H,20,21)(H2,16,17,18,19)/p-1/t8-,12-/m1/s1. The number of amides is 1. The number of thioether (sulfide) groups is 1. The number of nitrogens with one attached hydrogen (secondary N) is 2. The third kappa shape index (κ3) is 2.48. The average molecular weight is 316 g/mol. The molecule has 0 spiro atoms. The first-order valence-electron chi connectivity index (χ1n) is 6.80. The lowest BCUT2D eigenvalue weighted by molar-refractivity contribution is -0.255. The number of carboxylic acids is 1. The number of hydrogen-bond acceptors (Lipinski definition) is 5. The maximum atomic E-state index is 12.0. The zero-order valence-corrected chi connectivity index (χ0v) is 12.9. The predicted molar refractivity (Wildman–Crippen MR) is 81.6 cm³/mol. The second-order valence-corrected chi connectivity index (χ2v) is 6.62. The summed E-state index contributed by atoms with van der Waals surface area (Å²) in [6.45, 7) is 3.74. The highest BCUT2D eigenvalue weighted by atomic mass is 32.2. The Hall–Kier alpha value is -2.28. The van der Waals surface area contributed by atoms with Crippen LogP contribution in [0.2, 0.25) is 0 Å². The van der Waals surface area contributed by atoms with Crippen LogP contribution in [0.3, 0.4) is 0 Å². The molecule has 2 atom stereocenters. The Balaban J connectivity index is 2.06. The van der Waals surface area contributed by atoms with Gasteiger partial charge in [0.2, 0.25) is 5.91 Å². The van der Waals surface area contributed by atoms with Gasteiger partial charge in [-0.05, 0) is 25.0 Å². The van der Waals surface area contributed by atoms with Gasteiger partial charge in [0, 0.05) is 11.3 Å². The van der Waals surface area contributed by atoms with Gasteiger partial charge in [-0.2, -0.15) is 5.10 Å². The van der Waals surface area contributed by atoms with E-state index < -0.39 is 5.97 Å². The van der Waals surface area contributed by atoms with Gasteiger partial charge < -0.3 is 15.2 Å². The van der Waals surface area contributed by atoms with Gasteiger partial charge in [-0.1, -0.05) is 24.3 Å². The van der Waals surface area contributed by atoms with Crippen LogP contribution in [0.15, 0.2) is 24.3 Å². The van der Waals surface area contributed by atoms with Crippen molar-refractivity contribution in [2.24, 2.45) is 0 Å². The number of aryl methyl sites for hydroxylation is 1. The average Bonchev–Trinajstić information content (AvgIpc) is 2.79. The summed E-state index contributed by atoms with van der Waals surface area (Å²) in [6.07, 6.45) is 0. The lowest BCUT2D eigenvalue weighted by atomic mass is 10.0. The SMILES string of the molecule is Cc1[nH]nc2c1[C@@H](c1ccc(C(=O)[O-])cc1)S[C@H](C)C(=O)N2. The van der Waals surface area contributed by atoms with E-state index in [1.807, 2.05) is 13.8 Å². The summed E-state index contributed by atoms with van der Waals surface area (Å²) in [4.78, 5) is 22.9. The summed E-state index contributed by atoms with van der Waals surface area (Å²) in [7, 11) is 0. The number of anilines is 1. The molecule has 0 fully saturated rings. The first-order valence-corrected chi connectivity index (χ1v) is 7.74. The van der Waals surface area contributed by atoms with Gasteiger partial charge in [-0.15, -0.1) is 11.8 Å². The fraction of sp³-hybridized carbons (Fsp3) is 0.267. The second-order valence-electron chi connectivity index (χ2n) is 5.17. The van der Waals surface area contributed by atoms with Crippen LogP contribution in [-0.2, 0) is 4.79 Å². The number of benzene rings is 1. The van der Waals surface area contributed by atoms with E-state index in [1.165, 1.54) is 23.9 Å². The highest BCUT2D eigenvalue weighted by molar-refractivity contribution is 8.01. The van der Waals surface area contributed by atoms with E-state index in [4.69, 9.17) is 0 Å². The van der Waals surface area contributed by atoms with Gasteiger partial charge in [-0.3, -0.25) is 9.89 Å². The number of aromatic carboxylic acids is 1. The van der Waals surface area contributed by atoms with Gasteiger partial charge in [-0.25, -0.2) is 0 Å². The summed E-state index contributed by atoms with van der Waals surface area (Å²) in [5.41, 5.74) is 2.85. The molecule has 0 bridgehead atoms. The van der Waals surface area contributed by atoms with Gasteiger partial charge in [0.15, 0.2) is 5.82 Å². The lowest BCUT2D eigenvalue weighted by Crippen LogP contribution is -2.22. The van der Waals surface area contributed by atoms with Crippen LogP contribution in [0.5, 0.6) is 0 Å². The minimum atomic E-state index is -1.20. The molecule has 0 saturated carbocycles. The summed E-state index contributed by atoms with van der Waals surface area (Å²) >= 11 is 1.51. The molecule has 1 aliphatic heterocycles. The van der Waals surface area contributed by atoms with Gasteiger partial charge in [0.05, 0.1) is 16.5 Å². The van der Waals surface area contributed by atoms with Crippen molar-refractivity contribution in [3.63, 3.8) is 0 Å². The van der Waals surface area contributed by atoms with Crippen LogP contribution >= 0.6 is 11.8 Å². The summed E-state index contributed by atoms with van der Waals surface area (Å²) in [5, 5.41) is 20.4. The number of rotatable bonds is 2. The Labute approximate surface area is 131 Å². The van der Waals surface area contributed by atoms with Crippen molar-refractivity contribution in [3.8, 4) is 0 Å². The summed E-state index contributed by atoms with van der Waals surface area (Å²) in [5.74, 6) is -0.759. The third-order valence-electron chi connectivity index (χ3n) is 3.66. The molecule has 1 aromatic heterocycles. The molecule has 2 aromatic rings. The molecule has 1 aromatic carbocycles. The lowest BCUT2D eigenvalue weighted by Gasteiger charge is -2.18. The first-order chi connectivity index (χ1) is 10.5. The van der Waals surface area contributed by atoms with Gasteiger partial charge in [0.25, 0.3) is 0 Å². The normalized spacial score (nSPS) is 20.9. The molecule has 0 aliphatic carbocycles. The van der Waals surface area contributed by atoms with E-state index in [-0.39, 0.29) is 22.0 Å². The maximum Gasteiger partial charge on any atom is 0.238 e. The highest BCUT2D eigenvalue weighted by Crippen LogP contribution is 2.44. The molecule has 0 saturated heterocycles. The van der Waals surface area contributed by atoms with Crippen LogP contribution in [0.25, 0.3) is 0 Å². The topological polar surface area (TPSA) is 97.9 Å². The van der Waals surface area contributed by atoms with Crippen molar-refractivity contribution in [1.29, 1.82) is 0 Å². The Morgan fingerprint density at radius 1 is 1.32 bits per heavy atom. The molecule has 1 amide bonds. The number of fused-ring (bicyclic) bond motifs is 1. The van der Waals surface area contributed by atoms with Crippen molar-refractivity contribution in [2.75, 3.05) is 5.32 Å². The molecule has 3 rings (SSSR count). The van der Waals surface area contributed by atoms with E-state index in [0.29, 0.717) is 5.82 Å². The molecule has 0 radical (unpaired) electrons. The number of aromatic nitrogens is 2. The van der Waals surface area contributed by atoms with Crippen molar-refractivity contribution in [3.05, 3.63) is 46.6 Å². The fourth-order valence-corrected chi connectivity index (χ4v) is 3.77. The van der Waals surface area contributed by atoms with Crippen LogP contribution < -0.4 is 10.4 Å². The number of H-pyrrole nitrogens is 1. The molecule has 1 aliphatic rings. The first kappa shape index (κ1) is 14.6. The molecule has 2 heterocycles. The predicted octanol–water partition coefficient (Wildman–Crippen LogP) is 1.24. The van der Waals surface area contributed by atoms with Gasteiger partial charge in [0.1, 0.15) is 0 Å². The Morgan fingerprint density at radius 2 is 2.00 bits per heavy atom. The van der Waals surface area contributed by atoms with Crippen LogP contribution in [0, 0.1) is 6.92 Å². The number of carbonyl (C=O) groups is 2. The molecular weight excluding hydrogens is 302 g/mol. The van der Waals surface area contributed by atoms with Crippen molar-refractivity contribution < 1.29 is 14.7 Å². The Kier molecular flexibility index (Phi) is 3.66. The number of hydrogen-bond donors (Lipinski definition) is 2. The van der Waals surface area contributed by atoms with Crippen molar-refractivity contribution in [2.45, 2.75) is 24.3 Å². The Morgan fingerprint density at radius 3 is 2.64 bits per heavy atom. The van der Waals surface area contributed by atoms with E-state index in [9.17, 15) is 14.7 Å². The van der Waals surface area contributed by atoms with E-state index >= 15 is 0 Å². The molecule has 6 nitrogen and oxygen atoms in total. The minimum absolute atomic E-state index is 0.0911. The highest BCUT2D eigenvalue weighted by Gasteiger charge is 2.32. The molecular formula is C15H14N3O3S-. The molecule has 2 N–H and O–H groups in total. The van der Waals surface area contributed by atoms with Crippen molar-refractivity contribution >= 4 is 29.5 Å². The van der Waals surface area contributed by atoms with Crippen LogP contribution in [-0.4, -0.2) is 27.3 Å². The zero-order valence-electron chi connectivity index (χ0n) is 12.0. The second kappa shape index (κ2) is 5.49. The smallest absolute Gasteiger partial charge is 0.238 e. The quantitative estimate of drug-likeness (QED) is 0.869. The van der Waals surface area contributed by atoms with Crippen molar-refractivity contribution in [1.82, 2.24) is 10.2 Å². The number of nitrogens with zero attached hydrogens (tertiary/aromatic N) is 1. The third-order valence-corrected chi connectivity index (χ3v) is 5.06. The van der Waals surface area contributed by atoms with Crippen LogP contribution in [0.4, 0.5) is 5.82 Å². The molecule has 0 unspecified atom stereocenters. The molecule has 114 valence electrons. The van der Waals surface area contributed by atoms with E-state index in [2.05, 4.69) is 15.5 Å². The van der Waals surface area contributed by atoms with E-state index in [0.717, 1.165) is 16.8 Å². The number of aromatic amines is 1. The molecule has 7 heteroatoms.